The van der Waals surface area contributed by atoms with E-state index in [9.17, 15) is 13.2 Å². The van der Waals surface area contributed by atoms with Gasteiger partial charge in [0.15, 0.2) is 0 Å². The molecule has 1 nitrogen and oxygen atoms in total. The highest BCUT2D eigenvalue weighted by molar-refractivity contribution is 14.1. The molecule has 6 heteroatoms. The summed E-state index contributed by atoms with van der Waals surface area (Å²) in [5.74, 6) is 0. The Morgan fingerprint density at radius 1 is 1.21 bits per heavy atom. The summed E-state index contributed by atoms with van der Waals surface area (Å²) in [6.07, 6.45) is -4.40. The number of benzene rings is 1. The summed E-state index contributed by atoms with van der Waals surface area (Å²) >= 11 is 3.29. The second-order valence-electron chi connectivity index (χ2n) is 2.42. The fourth-order valence-corrected chi connectivity index (χ4v) is 2.24. The molecule has 14 heavy (non-hydrogen) atoms. The van der Waals surface area contributed by atoms with E-state index in [1.807, 2.05) is 0 Å². The van der Waals surface area contributed by atoms with Crippen molar-refractivity contribution in [3.8, 4) is 6.07 Å². The molecule has 1 aromatic carbocycles. The number of alkyl halides is 3. The third-order valence-corrected chi connectivity index (χ3v) is 3.25. The van der Waals surface area contributed by atoms with E-state index in [1.54, 1.807) is 28.7 Å². The number of hydrogen-bond donors (Lipinski definition) is 0. The first-order chi connectivity index (χ1) is 6.36. The lowest BCUT2D eigenvalue weighted by atomic mass is 10.1. The van der Waals surface area contributed by atoms with Crippen LogP contribution in [-0.2, 0) is 6.18 Å². The van der Waals surface area contributed by atoms with Gasteiger partial charge in [-0.3, -0.25) is 0 Å². The van der Waals surface area contributed by atoms with Crippen LogP contribution in [0.2, 0.25) is 0 Å². The molecule has 0 aromatic heterocycles. The van der Waals surface area contributed by atoms with Gasteiger partial charge in [-0.05, 0) is 57.3 Å². The van der Waals surface area contributed by atoms with Crippen molar-refractivity contribution in [3.63, 3.8) is 0 Å². The van der Waals surface area contributed by atoms with Gasteiger partial charge >= 0.3 is 6.18 Å². The van der Waals surface area contributed by atoms with E-state index in [0.717, 1.165) is 6.07 Å². The van der Waals surface area contributed by atoms with Gasteiger partial charge in [0.1, 0.15) is 6.07 Å². The van der Waals surface area contributed by atoms with Crippen LogP contribution in [0.3, 0.4) is 0 Å². The summed E-state index contributed by atoms with van der Waals surface area (Å²) < 4.78 is 37.6. The molecule has 1 rings (SSSR count). The number of nitriles is 1. The molecule has 0 N–H and O–H groups in total. The Morgan fingerprint density at radius 3 is 2.21 bits per heavy atom. The van der Waals surface area contributed by atoms with E-state index in [2.05, 4.69) is 0 Å². The van der Waals surface area contributed by atoms with Gasteiger partial charge in [-0.1, -0.05) is 0 Å². The predicted molar refractivity (Wildman–Crippen MR) is 61.6 cm³/mol. The third kappa shape index (κ3) is 2.50. The Morgan fingerprint density at radius 2 is 1.79 bits per heavy atom. The number of rotatable bonds is 0. The van der Waals surface area contributed by atoms with Crippen molar-refractivity contribution in [1.29, 1.82) is 5.26 Å². The summed E-state index contributed by atoms with van der Waals surface area (Å²) in [6.45, 7) is 0. The Hall–Kier alpha value is -0.0400. The van der Waals surface area contributed by atoms with Gasteiger partial charge in [-0.15, -0.1) is 0 Å². The molecule has 0 saturated heterocycles. The maximum absolute atomic E-state index is 12.4. The molecule has 0 aliphatic rings. The van der Waals surface area contributed by atoms with E-state index >= 15 is 0 Å². The zero-order chi connectivity index (χ0) is 10.9. The number of nitrogens with zero attached hydrogens (tertiary/aromatic N) is 1. The zero-order valence-electron chi connectivity index (χ0n) is 6.49. The maximum atomic E-state index is 12.4. The SMILES string of the molecule is N#Cc1cc(I)cc(C(F)(F)F)c1I. The lowest BCUT2D eigenvalue weighted by Crippen LogP contribution is -2.09. The van der Waals surface area contributed by atoms with Gasteiger partial charge in [0.05, 0.1) is 11.1 Å². The van der Waals surface area contributed by atoms with Gasteiger partial charge in [0, 0.05) is 7.14 Å². The molecule has 0 aliphatic carbocycles. The minimum absolute atomic E-state index is 0.0435. The van der Waals surface area contributed by atoms with Crippen LogP contribution < -0.4 is 0 Å². The minimum atomic E-state index is -4.40. The molecule has 0 radical (unpaired) electrons. The first-order valence-electron chi connectivity index (χ1n) is 3.32. The van der Waals surface area contributed by atoms with Crippen molar-refractivity contribution >= 4 is 45.2 Å². The van der Waals surface area contributed by atoms with Crippen LogP contribution in [-0.4, -0.2) is 0 Å². The molecule has 0 amide bonds. The average Bonchev–Trinajstić information content (AvgIpc) is 2.06. The van der Waals surface area contributed by atoms with E-state index in [1.165, 1.54) is 28.7 Å². The first-order valence-corrected chi connectivity index (χ1v) is 5.48. The van der Waals surface area contributed by atoms with Crippen molar-refractivity contribution in [2.45, 2.75) is 6.18 Å². The quantitative estimate of drug-likeness (QED) is 0.584. The van der Waals surface area contributed by atoms with Crippen LogP contribution in [0.25, 0.3) is 0 Å². The third-order valence-electron chi connectivity index (χ3n) is 1.46. The van der Waals surface area contributed by atoms with Crippen molar-refractivity contribution in [2.75, 3.05) is 0 Å². The van der Waals surface area contributed by atoms with Crippen molar-refractivity contribution in [1.82, 2.24) is 0 Å². The van der Waals surface area contributed by atoms with Crippen LogP contribution in [0.15, 0.2) is 12.1 Å². The van der Waals surface area contributed by atoms with Crippen molar-refractivity contribution in [3.05, 3.63) is 30.4 Å². The second kappa shape index (κ2) is 4.22. The second-order valence-corrected chi connectivity index (χ2v) is 4.75. The standard InChI is InChI=1S/C8H2F3I2N/c9-8(10,11)6-2-5(12)1-4(3-14)7(6)13/h1-2H. The molecule has 0 aliphatic heterocycles. The van der Waals surface area contributed by atoms with Crippen LogP contribution in [0, 0.1) is 18.5 Å². The van der Waals surface area contributed by atoms with Gasteiger partial charge in [0.2, 0.25) is 0 Å². The van der Waals surface area contributed by atoms with Gasteiger partial charge in [0.25, 0.3) is 0 Å². The normalized spacial score (nSPS) is 11.1. The average molecular weight is 423 g/mol. The Kier molecular flexibility index (Phi) is 3.63. The fraction of sp³-hybridized carbons (Fsp3) is 0.125. The first kappa shape index (κ1) is 12.0. The van der Waals surface area contributed by atoms with Crippen LogP contribution in [0.5, 0.6) is 0 Å². The van der Waals surface area contributed by atoms with Crippen molar-refractivity contribution < 1.29 is 13.2 Å². The molecular formula is C8H2F3I2N. The smallest absolute Gasteiger partial charge is 0.192 e. The zero-order valence-corrected chi connectivity index (χ0v) is 10.8. The molecular weight excluding hydrogens is 421 g/mol. The lowest BCUT2D eigenvalue weighted by Gasteiger charge is -2.10. The van der Waals surface area contributed by atoms with Crippen LogP contribution >= 0.6 is 45.2 Å². The Balaban J connectivity index is 3.47. The van der Waals surface area contributed by atoms with Gasteiger partial charge in [-0.25, -0.2) is 0 Å². The fourth-order valence-electron chi connectivity index (χ4n) is 0.877. The minimum Gasteiger partial charge on any atom is -0.192 e. The maximum Gasteiger partial charge on any atom is 0.417 e. The lowest BCUT2D eigenvalue weighted by molar-refractivity contribution is -0.138. The summed E-state index contributed by atoms with van der Waals surface area (Å²) in [6, 6.07) is 4.20. The highest BCUT2D eigenvalue weighted by Gasteiger charge is 2.34. The molecule has 74 valence electrons. The number of halogens is 5. The van der Waals surface area contributed by atoms with Crippen LogP contribution in [0.4, 0.5) is 13.2 Å². The summed E-state index contributed by atoms with van der Waals surface area (Å²) in [5, 5.41) is 8.61. The van der Waals surface area contributed by atoms with Crippen LogP contribution in [0.1, 0.15) is 11.1 Å². The van der Waals surface area contributed by atoms with Crippen molar-refractivity contribution in [2.24, 2.45) is 0 Å². The molecule has 0 fully saturated rings. The van der Waals surface area contributed by atoms with E-state index in [-0.39, 0.29) is 9.13 Å². The predicted octanol–water partition coefficient (Wildman–Crippen LogP) is 3.79. The monoisotopic (exact) mass is 423 g/mol. The largest absolute Gasteiger partial charge is 0.417 e. The van der Waals surface area contributed by atoms with E-state index < -0.39 is 11.7 Å². The Labute approximate surface area is 106 Å². The Bertz CT molecular complexity index is 406. The number of hydrogen-bond acceptors (Lipinski definition) is 1. The summed E-state index contributed by atoms with van der Waals surface area (Å²) in [4.78, 5) is 0. The highest BCUT2D eigenvalue weighted by Crippen LogP contribution is 2.35. The molecule has 0 saturated carbocycles. The molecule has 0 unspecified atom stereocenters. The molecule has 0 bridgehead atoms. The van der Waals surface area contributed by atoms with Gasteiger partial charge in [-0.2, -0.15) is 18.4 Å². The van der Waals surface area contributed by atoms with Gasteiger partial charge < -0.3 is 0 Å². The highest BCUT2D eigenvalue weighted by atomic mass is 127. The topological polar surface area (TPSA) is 23.8 Å². The molecule has 1 aromatic rings. The summed E-state index contributed by atoms with van der Waals surface area (Å²) in [5.41, 5.74) is -0.689. The molecule has 0 atom stereocenters. The van der Waals surface area contributed by atoms with E-state index in [4.69, 9.17) is 5.26 Å². The van der Waals surface area contributed by atoms with E-state index in [0.29, 0.717) is 3.57 Å². The molecule has 0 spiro atoms. The summed E-state index contributed by atoms with van der Waals surface area (Å²) in [7, 11) is 0. The molecule has 0 heterocycles.